The third kappa shape index (κ3) is 1.64. The third-order valence-electron chi connectivity index (χ3n) is 2.53. The zero-order valence-electron chi connectivity index (χ0n) is 8.04. The van der Waals surface area contributed by atoms with Gasteiger partial charge in [-0.25, -0.2) is 0 Å². The van der Waals surface area contributed by atoms with E-state index in [0.29, 0.717) is 25.1 Å². The average Bonchev–Trinajstić information content (AvgIpc) is 2.60. The summed E-state index contributed by atoms with van der Waals surface area (Å²) in [5.74, 6) is -0.219. The smallest absolute Gasteiger partial charge is 0.269 e. The second kappa shape index (κ2) is 3.61. The number of nitriles is 1. The summed E-state index contributed by atoms with van der Waals surface area (Å²) in [5, 5.41) is 13.7. The van der Waals surface area contributed by atoms with Crippen molar-refractivity contribution in [1.82, 2.24) is 15.1 Å². The number of rotatable bonds is 1. The summed E-state index contributed by atoms with van der Waals surface area (Å²) >= 11 is 0. The molecule has 78 valence electrons. The monoisotopic (exact) mass is 206 g/mol. The first-order valence-corrected chi connectivity index (χ1v) is 4.65. The van der Waals surface area contributed by atoms with Crippen molar-refractivity contribution < 1.29 is 4.79 Å². The van der Waals surface area contributed by atoms with Crippen LogP contribution in [0.3, 0.4) is 0 Å². The highest BCUT2D eigenvalue weighted by Gasteiger charge is 2.23. The number of nitrogens with one attached hydrogen (secondary N) is 2. The molecule has 0 saturated heterocycles. The Morgan fingerprint density at radius 1 is 1.53 bits per heavy atom. The summed E-state index contributed by atoms with van der Waals surface area (Å²) in [6, 6.07) is 1.81. The molecule has 0 bridgehead atoms. The van der Waals surface area contributed by atoms with E-state index in [0.717, 1.165) is 5.69 Å². The van der Waals surface area contributed by atoms with Gasteiger partial charge in [0.2, 0.25) is 5.91 Å². The van der Waals surface area contributed by atoms with Crippen molar-refractivity contribution in [3.8, 4) is 6.07 Å². The number of aromatic nitrogens is 2. The standard InChI is InChI=1S/C9H10N4O2/c10-3-1-8(14)13-4-2-7-6(5-13)9(15)12-11-7/h1-2,4-5H2,(H2,11,12,15). The lowest BCUT2D eigenvalue weighted by Gasteiger charge is -2.25. The maximum Gasteiger partial charge on any atom is 0.269 e. The second-order valence-corrected chi connectivity index (χ2v) is 3.44. The van der Waals surface area contributed by atoms with Crippen molar-refractivity contribution in [2.45, 2.75) is 19.4 Å². The van der Waals surface area contributed by atoms with Crippen molar-refractivity contribution in [2.75, 3.05) is 6.54 Å². The number of H-pyrrole nitrogens is 2. The molecule has 6 heteroatoms. The molecule has 0 atom stereocenters. The number of nitrogens with zero attached hydrogens (tertiary/aromatic N) is 2. The van der Waals surface area contributed by atoms with Crippen LogP contribution in [0.25, 0.3) is 0 Å². The highest BCUT2D eigenvalue weighted by Crippen LogP contribution is 2.13. The predicted molar refractivity (Wildman–Crippen MR) is 50.8 cm³/mol. The van der Waals surface area contributed by atoms with Crippen LogP contribution in [-0.4, -0.2) is 27.5 Å². The molecule has 0 unspecified atom stereocenters. The number of hydrogen-bond acceptors (Lipinski definition) is 3. The average molecular weight is 206 g/mol. The molecular weight excluding hydrogens is 196 g/mol. The van der Waals surface area contributed by atoms with E-state index in [2.05, 4.69) is 10.2 Å². The van der Waals surface area contributed by atoms with Crippen molar-refractivity contribution in [1.29, 1.82) is 5.26 Å². The van der Waals surface area contributed by atoms with Crippen LogP contribution in [0.5, 0.6) is 0 Å². The van der Waals surface area contributed by atoms with E-state index >= 15 is 0 Å². The number of fused-ring (bicyclic) bond motifs is 1. The minimum atomic E-state index is -0.219. The molecule has 15 heavy (non-hydrogen) atoms. The van der Waals surface area contributed by atoms with Crippen LogP contribution >= 0.6 is 0 Å². The van der Waals surface area contributed by atoms with Crippen LogP contribution in [-0.2, 0) is 17.8 Å². The van der Waals surface area contributed by atoms with Crippen LogP contribution in [0.2, 0.25) is 0 Å². The molecular formula is C9H10N4O2. The number of carbonyl (C=O) groups excluding carboxylic acids is 1. The quantitative estimate of drug-likeness (QED) is 0.648. The number of hydrogen-bond donors (Lipinski definition) is 2. The van der Waals surface area contributed by atoms with E-state index in [1.54, 1.807) is 0 Å². The van der Waals surface area contributed by atoms with Crippen molar-refractivity contribution in [3.05, 3.63) is 21.6 Å². The molecule has 0 radical (unpaired) electrons. The number of amides is 1. The number of carbonyl (C=O) groups is 1. The van der Waals surface area contributed by atoms with Gasteiger partial charge in [0.05, 0.1) is 18.2 Å². The molecule has 2 N–H and O–H groups in total. The molecule has 1 aromatic rings. The molecule has 1 aliphatic heterocycles. The SMILES string of the molecule is N#CCC(=O)N1CCc2[nH][nH]c(=O)c2C1. The first-order valence-electron chi connectivity index (χ1n) is 4.65. The van der Waals surface area contributed by atoms with E-state index in [1.165, 1.54) is 4.90 Å². The van der Waals surface area contributed by atoms with Gasteiger partial charge in [-0.2, -0.15) is 5.26 Å². The van der Waals surface area contributed by atoms with E-state index in [9.17, 15) is 9.59 Å². The maximum atomic E-state index is 11.4. The van der Waals surface area contributed by atoms with Crippen LogP contribution in [0, 0.1) is 11.3 Å². The Bertz CT molecular complexity index is 479. The molecule has 1 aromatic heterocycles. The fraction of sp³-hybridized carbons (Fsp3) is 0.444. The van der Waals surface area contributed by atoms with Gasteiger partial charge in [0.15, 0.2) is 0 Å². The Hall–Kier alpha value is -2.03. The molecule has 2 rings (SSSR count). The fourth-order valence-electron chi connectivity index (χ4n) is 1.71. The lowest BCUT2D eigenvalue weighted by molar-refractivity contribution is -0.131. The van der Waals surface area contributed by atoms with Crippen molar-refractivity contribution in [2.24, 2.45) is 0 Å². The predicted octanol–water partition coefficient (Wildman–Crippen LogP) is -0.499. The van der Waals surface area contributed by atoms with Gasteiger partial charge >= 0.3 is 0 Å². The van der Waals surface area contributed by atoms with E-state index < -0.39 is 0 Å². The Morgan fingerprint density at radius 3 is 3.07 bits per heavy atom. The van der Waals surface area contributed by atoms with Crippen molar-refractivity contribution in [3.63, 3.8) is 0 Å². The molecule has 0 aromatic carbocycles. The lowest BCUT2D eigenvalue weighted by Crippen LogP contribution is -2.37. The van der Waals surface area contributed by atoms with E-state index in [-0.39, 0.29) is 17.9 Å². The summed E-state index contributed by atoms with van der Waals surface area (Å²) in [6.07, 6.45) is 0.503. The van der Waals surface area contributed by atoms with Gasteiger partial charge < -0.3 is 10.00 Å². The number of aromatic amines is 2. The second-order valence-electron chi connectivity index (χ2n) is 3.44. The van der Waals surface area contributed by atoms with Crippen LogP contribution in [0.4, 0.5) is 0 Å². The topological polar surface area (TPSA) is 92.8 Å². The maximum absolute atomic E-state index is 11.4. The summed E-state index contributed by atoms with van der Waals surface area (Å²) in [4.78, 5) is 24.3. The minimum absolute atomic E-state index is 0.127. The van der Waals surface area contributed by atoms with Gasteiger partial charge in [-0.15, -0.1) is 0 Å². The Morgan fingerprint density at radius 2 is 2.33 bits per heavy atom. The van der Waals surface area contributed by atoms with Gasteiger partial charge in [-0.1, -0.05) is 0 Å². The molecule has 6 nitrogen and oxygen atoms in total. The van der Waals surface area contributed by atoms with Gasteiger partial charge in [-0.3, -0.25) is 14.7 Å². The van der Waals surface area contributed by atoms with E-state index in [4.69, 9.17) is 5.26 Å². The third-order valence-corrected chi connectivity index (χ3v) is 2.53. The highest BCUT2D eigenvalue weighted by molar-refractivity contribution is 5.78. The molecule has 0 fully saturated rings. The first-order chi connectivity index (χ1) is 7.22. The Kier molecular flexibility index (Phi) is 2.29. The van der Waals surface area contributed by atoms with Gasteiger partial charge in [-0.05, 0) is 0 Å². The zero-order chi connectivity index (χ0) is 10.8. The molecule has 0 spiro atoms. The highest BCUT2D eigenvalue weighted by atomic mass is 16.2. The summed E-state index contributed by atoms with van der Waals surface area (Å²) in [6.45, 7) is 0.857. The van der Waals surface area contributed by atoms with Gasteiger partial charge in [0.1, 0.15) is 6.42 Å². The molecule has 0 saturated carbocycles. The Balaban J connectivity index is 2.18. The summed E-state index contributed by atoms with van der Waals surface area (Å²) in [7, 11) is 0. The van der Waals surface area contributed by atoms with E-state index in [1.807, 2.05) is 6.07 Å². The largest absolute Gasteiger partial charge is 0.337 e. The Labute approximate surface area is 85.5 Å². The molecule has 1 amide bonds. The van der Waals surface area contributed by atoms with Crippen molar-refractivity contribution >= 4 is 5.91 Å². The fourth-order valence-corrected chi connectivity index (χ4v) is 1.71. The van der Waals surface area contributed by atoms with Crippen LogP contribution < -0.4 is 5.56 Å². The molecule has 0 aliphatic carbocycles. The molecule has 1 aliphatic rings. The summed E-state index contributed by atoms with van der Waals surface area (Å²) < 4.78 is 0. The van der Waals surface area contributed by atoms with Crippen LogP contribution in [0.1, 0.15) is 17.7 Å². The normalized spacial score (nSPS) is 14.5. The van der Waals surface area contributed by atoms with Crippen LogP contribution in [0.15, 0.2) is 4.79 Å². The van der Waals surface area contributed by atoms with Gasteiger partial charge in [0.25, 0.3) is 5.56 Å². The first kappa shape index (κ1) is 9.52. The van der Waals surface area contributed by atoms with Gasteiger partial charge in [0, 0.05) is 18.7 Å². The summed E-state index contributed by atoms with van der Waals surface area (Å²) in [5.41, 5.74) is 1.29. The molecule has 2 heterocycles. The lowest BCUT2D eigenvalue weighted by atomic mass is 10.1. The minimum Gasteiger partial charge on any atom is -0.337 e. The zero-order valence-corrected chi connectivity index (χ0v) is 8.04.